The van der Waals surface area contributed by atoms with Gasteiger partial charge < -0.3 is 9.72 Å². The summed E-state index contributed by atoms with van der Waals surface area (Å²) in [6, 6.07) is 17.0. The van der Waals surface area contributed by atoms with Crippen LogP contribution in [-0.2, 0) is 6.54 Å². The number of fused-ring (bicyclic) bond motifs is 1. The average Bonchev–Trinajstić information content (AvgIpc) is 3.22. The molecule has 0 saturated carbocycles. The Morgan fingerprint density at radius 1 is 1.00 bits per heavy atom. The smallest absolute Gasteiger partial charge is 0.279 e. The summed E-state index contributed by atoms with van der Waals surface area (Å²) in [6.45, 7) is 3.02. The lowest BCUT2D eigenvalue weighted by Gasteiger charge is -2.10. The Morgan fingerprint density at radius 2 is 1.88 bits per heavy atom. The molecule has 1 N–H and O–H groups in total. The van der Waals surface area contributed by atoms with Gasteiger partial charge in [0.25, 0.3) is 5.56 Å². The summed E-state index contributed by atoms with van der Waals surface area (Å²) < 4.78 is 7.65. The van der Waals surface area contributed by atoms with Gasteiger partial charge in [-0.2, -0.15) is 5.10 Å². The van der Waals surface area contributed by atoms with E-state index in [1.807, 2.05) is 61.5 Å². The third-order valence-corrected chi connectivity index (χ3v) is 5.17. The summed E-state index contributed by atoms with van der Waals surface area (Å²) in [4.78, 5) is 29.5. The Morgan fingerprint density at radius 3 is 2.67 bits per heavy atom. The number of nitrogens with one attached hydrogen (secondary N) is 1. The first-order valence-electron chi connectivity index (χ1n) is 10.8. The zero-order valence-corrected chi connectivity index (χ0v) is 18.1. The molecule has 0 radical (unpaired) electrons. The highest BCUT2D eigenvalue weighted by Crippen LogP contribution is 2.31. The van der Waals surface area contributed by atoms with Gasteiger partial charge in [-0.1, -0.05) is 25.1 Å². The van der Waals surface area contributed by atoms with Crippen molar-refractivity contribution in [1.29, 1.82) is 0 Å². The van der Waals surface area contributed by atoms with Gasteiger partial charge in [-0.25, -0.2) is 4.98 Å². The lowest BCUT2D eigenvalue weighted by Crippen LogP contribution is -2.10. The molecular weight excluding hydrogens is 416 g/mol. The molecule has 8 nitrogen and oxygen atoms in total. The Balaban J connectivity index is 1.72. The van der Waals surface area contributed by atoms with Crippen molar-refractivity contribution in [2.24, 2.45) is 0 Å². The number of H-pyrrole nitrogens is 1. The summed E-state index contributed by atoms with van der Waals surface area (Å²) in [6.07, 6.45) is 6.06. The van der Waals surface area contributed by atoms with Gasteiger partial charge in [0.15, 0.2) is 5.52 Å². The number of ether oxygens (including phenoxy) is 1. The monoisotopic (exact) mass is 438 g/mol. The minimum absolute atomic E-state index is 0.264. The standard InChI is InChI=1S/C25H22N6O2/c1-2-14-33-20-11-4-3-10-19(20)24-28-21-22(25(32)29-24)30-31(16-18-9-5-6-13-27-18)23(21)17-8-7-12-26-15-17/h3-13,15H,2,14,16H2,1H3,(H,28,29,32). The van der Waals surface area contributed by atoms with E-state index in [0.717, 1.165) is 23.2 Å². The molecule has 4 heterocycles. The van der Waals surface area contributed by atoms with Crippen LogP contribution in [0.1, 0.15) is 19.0 Å². The van der Waals surface area contributed by atoms with E-state index in [2.05, 4.69) is 20.1 Å². The molecule has 0 fully saturated rings. The van der Waals surface area contributed by atoms with E-state index in [4.69, 9.17) is 9.72 Å². The van der Waals surface area contributed by atoms with Crippen molar-refractivity contribution in [3.05, 3.63) is 89.2 Å². The zero-order valence-electron chi connectivity index (χ0n) is 18.1. The molecule has 164 valence electrons. The number of hydrogen-bond acceptors (Lipinski definition) is 6. The van der Waals surface area contributed by atoms with Gasteiger partial charge in [-0.3, -0.25) is 19.4 Å². The first-order chi connectivity index (χ1) is 16.2. The summed E-state index contributed by atoms with van der Waals surface area (Å²) in [5.74, 6) is 1.10. The maximum Gasteiger partial charge on any atom is 0.279 e. The molecule has 5 aromatic rings. The van der Waals surface area contributed by atoms with Crippen molar-refractivity contribution < 1.29 is 4.74 Å². The average molecular weight is 438 g/mol. The molecular formula is C25H22N6O2. The topological polar surface area (TPSA) is 98.6 Å². The Bertz CT molecular complexity index is 1440. The molecule has 0 aliphatic carbocycles. The Hall–Kier alpha value is -4.33. The summed E-state index contributed by atoms with van der Waals surface area (Å²) in [5.41, 5.74) is 3.53. The minimum Gasteiger partial charge on any atom is -0.493 e. The molecule has 0 aliphatic rings. The van der Waals surface area contributed by atoms with Crippen molar-refractivity contribution in [2.45, 2.75) is 19.9 Å². The molecule has 4 aromatic heterocycles. The van der Waals surface area contributed by atoms with E-state index in [-0.39, 0.29) is 11.1 Å². The lowest BCUT2D eigenvalue weighted by atomic mass is 10.1. The molecule has 0 atom stereocenters. The highest BCUT2D eigenvalue weighted by Gasteiger charge is 2.20. The minimum atomic E-state index is -0.315. The van der Waals surface area contributed by atoms with E-state index in [0.29, 0.717) is 35.9 Å². The predicted molar refractivity (Wildman–Crippen MR) is 126 cm³/mol. The van der Waals surface area contributed by atoms with Crippen molar-refractivity contribution in [2.75, 3.05) is 6.61 Å². The van der Waals surface area contributed by atoms with Crippen LogP contribution in [0.2, 0.25) is 0 Å². The lowest BCUT2D eigenvalue weighted by molar-refractivity contribution is 0.318. The summed E-state index contributed by atoms with van der Waals surface area (Å²) >= 11 is 0. The highest BCUT2D eigenvalue weighted by atomic mass is 16.5. The summed E-state index contributed by atoms with van der Waals surface area (Å²) in [7, 11) is 0. The number of hydrogen-bond donors (Lipinski definition) is 1. The van der Waals surface area contributed by atoms with Gasteiger partial charge in [0.2, 0.25) is 0 Å². The van der Waals surface area contributed by atoms with Crippen LogP contribution in [0.3, 0.4) is 0 Å². The van der Waals surface area contributed by atoms with Crippen LogP contribution in [0.4, 0.5) is 0 Å². The van der Waals surface area contributed by atoms with Gasteiger partial charge in [0.05, 0.1) is 30.1 Å². The van der Waals surface area contributed by atoms with E-state index in [1.165, 1.54) is 0 Å². The molecule has 0 unspecified atom stereocenters. The van der Waals surface area contributed by atoms with Crippen LogP contribution in [0.5, 0.6) is 5.75 Å². The van der Waals surface area contributed by atoms with Crippen LogP contribution in [0, 0.1) is 0 Å². The number of benzene rings is 1. The second kappa shape index (κ2) is 9.04. The number of rotatable bonds is 7. The molecule has 33 heavy (non-hydrogen) atoms. The first-order valence-corrected chi connectivity index (χ1v) is 10.8. The van der Waals surface area contributed by atoms with E-state index in [1.54, 1.807) is 23.3 Å². The predicted octanol–water partition coefficient (Wildman–Crippen LogP) is 4.08. The normalized spacial score (nSPS) is 11.1. The van der Waals surface area contributed by atoms with Crippen LogP contribution in [0.25, 0.3) is 33.7 Å². The van der Waals surface area contributed by atoms with Crippen LogP contribution < -0.4 is 10.3 Å². The maximum absolute atomic E-state index is 13.1. The molecule has 1 aromatic carbocycles. The largest absolute Gasteiger partial charge is 0.493 e. The molecule has 0 saturated heterocycles. The fraction of sp³-hybridized carbons (Fsp3) is 0.160. The molecule has 0 bridgehead atoms. The third kappa shape index (κ3) is 4.10. The van der Waals surface area contributed by atoms with Crippen LogP contribution in [0.15, 0.2) is 78.0 Å². The molecule has 0 aliphatic heterocycles. The van der Waals surface area contributed by atoms with Crippen LogP contribution in [-0.4, -0.2) is 36.3 Å². The third-order valence-electron chi connectivity index (χ3n) is 5.17. The van der Waals surface area contributed by atoms with Crippen LogP contribution >= 0.6 is 0 Å². The quantitative estimate of drug-likeness (QED) is 0.411. The first kappa shape index (κ1) is 20.6. The Labute approximate surface area is 190 Å². The van der Waals surface area contributed by atoms with E-state index < -0.39 is 0 Å². The molecule has 5 rings (SSSR count). The SMILES string of the molecule is CCCOc1ccccc1-c1nc2c(-c3cccnc3)n(Cc3ccccn3)nc2c(=O)[nH]1. The van der Waals surface area contributed by atoms with Gasteiger partial charge in [-0.05, 0) is 42.8 Å². The van der Waals surface area contributed by atoms with Crippen molar-refractivity contribution >= 4 is 11.0 Å². The molecule has 8 heteroatoms. The van der Waals surface area contributed by atoms with Gasteiger partial charge >= 0.3 is 0 Å². The second-order valence-electron chi connectivity index (χ2n) is 7.53. The van der Waals surface area contributed by atoms with E-state index in [9.17, 15) is 4.79 Å². The number of para-hydroxylation sites is 1. The van der Waals surface area contributed by atoms with Crippen molar-refractivity contribution in [3.63, 3.8) is 0 Å². The number of aromatic nitrogens is 6. The zero-order chi connectivity index (χ0) is 22.6. The number of pyridine rings is 2. The maximum atomic E-state index is 13.1. The van der Waals surface area contributed by atoms with Gasteiger partial charge in [0.1, 0.15) is 17.1 Å². The van der Waals surface area contributed by atoms with Crippen molar-refractivity contribution in [3.8, 4) is 28.4 Å². The highest BCUT2D eigenvalue weighted by molar-refractivity contribution is 5.90. The van der Waals surface area contributed by atoms with E-state index >= 15 is 0 Å². The van der Waals surface area contributed by atoms with Gasteiger partial charge in [-0.15, -0.1) is 0 Å². The summed E-state index contributed by atoms with van der Waals surface area (Å²) in [5, 5.41) is 4.60. The Kier molecular flexibility index (Phi) is 5.63. The number of aromatic amines is 1. The van der Waals surface area contributed by atoms with Gasteiger partial charge in [0, 0.05) is 24.2 Å². The molecule has 0 amide bonds. The van der Waals surface area contributed by atoms with Crippen molar-refractivity contribution in [1.82, 2.24) is 29.7 Å². The fourth-order valence-electron chi connectivity index (χ4n) is 3.69. The molecule has 0 spiro atoms. The number of nitrogens with zero attached hydrogens (tertiary/aromatic N) is 5. The second-order valence-corrected chi connectivity index (χ2v) is 7.53. The fourth-order valence-corrected chi connectivity index (χ4v) is 3.69.